The SMILES string of the molecule is Cc1ccc(O[C@@H](O)Cn2cnc3ccccc32)c(C)c1. The molecule has 0 aliphatic rings. The van der Waals surface area contributed by atoms with Crippen LogP contribution in [0.3, 0.4) is 0 Å². The minimum absolute atomic E-state index is 0.341. The van der Waals surface area contributed by atoms with Gasteiger partial charge in [-0.1, -0.05) is 29.8 Å². The van der Waals surface area contributed by atoms with Crippen molar-refractivity contribution in [3.05, 3.63) is 59.9 Å². The topological polar surface area (TPSA) is 47.3 Å². The zero-order valence-corrected chi connectivity index (χ0v) is 12.2. The summed E-state index contributed by atoms with van der Waals surface area (Å²) in [7, 11) is 0. The third-order valence-corrected chi connectivity index (χ3v) is 3.47. The molecule has 108 valence electrons. The second-order valence-electron chi connectivity index (χ2n) is 5.23. The Labute approximate surface area is 123 Å². The Kier molecular flexibility index (Phi) is 3.62. The maximum absolute atomic E-state index is 10.2. The van der Waals surface area contributed by atoms with Crippen LogP contribution in [0, 0.1) is 13.8 Å². The molecule has 3 aromatic rings. The predicted molar refractivity (Wildman–Crippen MR) is 82.3 cm³/mol. The lowest BCUT2D eigenvalue weighted by molar-refractivity contribution is -0.0291. The minimum atomic E-state index is -0.913. The third kappa shape index (κ3) is 2.90. The summed E-state index contributed by atoms with van der Waals surface area (Å²) in [4.78, 5) is 4.30. The Balaban J connectivity index is 1.75. The van der Waals surface area contributed by atoms with Gasteiger partial charge in [0.25, 0.3) is 0 Å². The van der Waals surface area contributed by atoms with Gasteiger partial charge in [0.1, 0.15) is 5.75 Å². The molecule has 2 aromatic carbocycles. The van der Waals surface area contributed by atoms with Crippen molar-refractivity contribution in [2.45, 2.75) is 26.7 Å². The van der Waals surface area contributed by atoms with E-state index in [1.54, 1.807) is 6.33 Å². The number of aryl methyl sites for hydroxylation is 2. The highest BCUT2D eigenvalue weighted by molar-refractivity contribution is 5.74. The first-order valence-corrected chi connectivity index (χ1v) is 6.95. The second kappa shape index (κ2) is 5.58. The van der Waals surface area contributed by atoms with Crippen LogP contribution in [0.25, 0.3) is 11.0 Å². The van der Waals surface area contributed by atoms with Gasteiger partial charge in [-0.15, -0.1) is 0 Å². The summed E-state index contributed by atoms with van der Waals surface area (Å²) in [5.74, 6) is 0.706. The fourth-order valence-electron chi connectivity index (χ4n) is 2.44. The van der Waals surface area contributed by atoms with Crippen molar-refractivity contribution >= 4 is 11.0 Å². The van der Waals surface area contributed by atoms with E-state index in [0.29, 0.717) is 12.3 Å². The number of nitrogens with zero attached hydrogens (tertiary/aromatic N) is 2. The quantitative estimate of drug-likeness (QED) is 0.748. The molecule has 0 amide bonds. The molecule has 4 heteroatoms. The summed E-state index contributed by atoms with van der Waals surface area (Å²) < 4.78 is 7.52. The van der Waals surface area contributed by atoms with Crippen LogP contribution >= 0.6 is 0 Å². The Morgan fingerprint density at radius 3 is 2.81 bits per heavy atom. The first-order valence-electron chi connectivity index (χ1n) is 6.95. The molecule has 0 saturated carbocycles. The number of hydrogen-bond acceptors (Lipinski definition) is 3. The zero-order chi connectivity index (χ0) is 14.8. The first-order chi connectivity index (χ1) is 10.1. The molecular formula is C17H18N2O2. The highest BCUT2D eigenvalue weighted by atomic mass is 16.6. The molecule has 0 spiro atoms. The zero-order valence-electron chi connectivity index (χ0n) is 12.2. The lowest BCUT2D eigenvalue weighted by Gasteiger charge is -2.16. The summed E-state index contributed by atoms with van der Waals surface area (Å²) in [6.45, 7) is 4.35. The Hall–Kier alpha value is -2.33. The molecule has 0 aliphatic carbocycles. The van der Waals surface area contributed by atoms with Gasteiger partial charge in [-0.3, -0.25) is 0 Å². The summed E-state index contributed by atoms with van der Waals surface area (Å²) in [5, 5.41) is 10.2. The fraction of sp³-hybridized carbons (Fsp3) is 0.235. The Bertz CT molecular complexity index is 764. The number of aliphatic hydroxyl groups excluding tert-OH is 1. The number of aliphatic hydroxyl groups is 1. The van der Waals surface area contributed by atoms with E-state index in [2.05, 4.69) is 4.98 Å². The normalized spacial score (nSPS) is 12.5. The van der Waals surface area contributed by atoms with Crippen LogP contribution in [-0.4, -0.2) is 20.9 Å². The van der Waals surface area contributed by atoms with E-state index >= 15 is 0 Å². The van der Waals surface area contributed by atoms with Crippen LogP contribution in [0.1, 0.15) is 11.1 Å². The maximum atomic E-state index is 10.2. The Morgan fingerprint density at radius 1 is 1.19 bits per heavy atom. The van der Waals surface area contributed by atoms with E-state index in [1.807, 2.05) is 60.9 Å². The number of rotatable bonds is 4. The van der Waals surface area contributed by atoms with Gasteiger partial charge in [0, 0.05) is 0 Å². The minimum Gasteiger partial charge on any atom is -0.463 e. The van der Waals surface area contributed by atoms with E-state index in [0.717, 1.165) is 16.6 Å². The highest BCUT2D eigenvalue weighted by Gasteiger charge is 2.11. The molecule has 1 aromatic heterocycles. The van der Waals surface area contributed by atoms with Crippen LogP contribution in [0.15, 0.2) is 48.8 Å². The molecule has 1 atom stereocenters. The Morgan fingerprint density at radius 2 is 2.00 bits per heavy atom. The second-order valence-corrected chi connectivity index (χ2v) is 5.23. The summed E-state index contributed by atoms with van der Waals surface area (Å²) in [6, 6.07) is 13.7. The molecule has 1 heterocycles. The average Bonchev–Trinajstić information content (AvgIpc) is 2.85. The smallest absolute Gasteiger partial charge is 0.215 e. The molecule has 0 aliphatic heterocycles. The summed E-state index contributed by atoms with van der Waals surface area (Å²) in [6.07, 6.45) is 0.809. The van der Waals surface area contributed by atoms with Crippen molar-refractivity contribution in [1.82, 2.24) is 9.55 Å². The van der Waals surface area contributed by atoms with Gasteiger partial charge in [-0.05, 0) is 37.6 Å². The molecule has 0 saturated heterocycles. The van der Waals surface area contributed by atoms with Gasteiger partial charge in [0.15, 0.2) is 0 Å². The van der Waals surface area contributed by atoms with Crippen LogP contribution in [-0.2, 0) is 6.54 Å². The van der Waals surface area contributed by atoms with Crippen LogP contribution in [0.4, 0.5) is 0 Å². The molecule has 3 rings (SSSR count). The third-order valence-electron chi connectivity index (χ3n) is 3.47. The molecule has 4 nitrogen and oxygen atoms in total. The number of para-hydroxylation sites is 2. The lowest BCUT2D eigenvalue weighted by atomic mass is 10.1. The van der Waals surface area contributed by atoms with Crippen molar-refractivity contribution in [3.63, 3.8) is 0 Å². The summed E-state index contributed by atoms with van der Waals surface area (Å²) >= 11 is 0. The fourth-order valence-corrected chi connectivity index (χ4v) is 2.44. The van der Waals surface area contributed by atoms with Crippen molar-refractivity contribution in [1.29, 1.82) is 0 Å². The molecular weight excluding hydrogens is 264 g/mol. The predicted octanol–water partition coefficient (Wildman–Crippen LogP) is 3.05. The highest BCUT2D eigenvalue weighted by Crippen LogP contribution is 2.20. The largest absolute Gasteiger partial charge is 0.463 e. The number of fused-ring (bicyclic) bond motifs is 1. The van der Waals surface area contributed by atoms with E-state index < -0.39 is 6.29 Å². The van der Waals surface area contributed by atoms with Crippen molar-refractivity contribution in [2.75, 3.05) is 0 Å². The van der Waals surface area contributed by atoms with Gasteiger partial charge in [0.2, 0.25) is 6.29 Å². The van der Waals surface area contributed by atoms with Crippen LogP contribution in [0.5, 0.6) is 5.75 Å². The lowest BCUT2D eigenvalue weighted by Crippen LogP contribution is -2.22. The number of ether oxygens (including phenoxy) is 1. The van der Waals surface area contributed by atoms with Crippen molar-refractivity contribution in [2.24, 2.45) is 0 Å². The molecule has 21 heavy (non-hydrogen) atoms. The maximum Gasteiger partial charge on any atom is 0.215 e. The van der Waals surface area contributed by atoms with Gasteiger partial charge < -0.3 is 14.4 Å². The van der Waals surface area contributed by atoms with E-state index in [4.69, 9.17) is 4.74 Å². The summed E-state index contributed by atoms with van der Waals surface area (Å²) in [5.41, 5.74) is 4.09. The number of benzene rings is 2. The molecule has 1 N–H and O–H groups in total. The molecule has 0 radical (unpaired) electrons. The average molecular weight is 282 g/mol. The number of imidazole rings is 1. The van der Waals surface area contributed by atoms with Crippen molar-refractivity contribution in [3.8, 4) is 5.75 Å². The van der Waals surface area contributed by atoms with Crippen molar-refractivity contribution < 1.29 is 9.84 Å². The van der Waals surface area contributed by atoms with E-state index in [-0.39, 0.29) is 0 Å². The van der Waals surface area contributed by atoms with Crippen LogP contribution < -0.4 is 4.74 Å². The van der Waals surface area contributed by atoms with Gasteiger partial charge >= 0.3 is 0 Å². The van der Waals surface area contributed by atoms with E-state index in [1.165, 1.54) is 5.56 Å². The van der Waals surface area contributed by atoms with Crippen LogP contribution in [0.2, 0.25) is 0 Å². The standard InChI is InChI=1S/C17H18N2O2/c1-12-7-8-16(13(2)9-12)21-17(20)10-19-11-18-14-5-3-4-6-15(14)19/h3-9,11,17,20H,10H2,1-2H3/t17-/m1/s1. The van der Waals surface area contributed by atoms with Gasteiger partial charge in [0.05, 0.1) is 23.9 Å². The molecule has 0 bridgehead atoms. The van der Waals surface area contributed by atoms with E-state index in [9.17, 15) is 5.11 Å². The van der Waals surface area contributed by atoms with Gasteiger partial charge in [-0.25, -0.2) is 4.98 Å². The molecule has 0 fully saturated rings. The van der Waals surface area contributed by atoms with Gasteiger partial charge in [-0.2, -0.15) is 0 Å². The monoisotopic (exact) mass is 282 g/mol. The number of hydrogen-bond donors (Lipinski definition) is 1. The first kappa shape index (κ1) is 13.6. The molecule has 0 unspecified atom stereocenters. The number of aromatic nitrogens is 2.